The summed E-state index contributed by atoms with van der Waals surface area (Å²) >= 11 is 26.2. The number of rotatable bonds is 4. The van der Waals surface area contributed by atoms with E-state index >= 15 is 0 Å². The molecule has 0 radical (unpaired) electrons. The Morgan fingerprint density at radius 2 is 1.62 bits per heavy atom. The molecule has 0 heterocycles. The first-order chi connectivity index (χ1) is 12.1. The summed E-state index contributed by atoms with van der Waals surface area (Å²) in [5.74, 6) is -0.832. The zero-order valence-electron chi connectivity index (χ0n) is 12.9. The Morgan fingerprint density at radius 1 is 1.04 bits per heavy atom. The van der Waals surface area contributed by atoms with Gasteiger partial charge in [-0.25, -0.2) is 4.39 Å². The number of hydrogen-bond donors (Lipinski definition) is 3. The number of carbonyl (C=O) groups excluding carboxylic acids is 1. The van der Waals surface area contributed by atoms with Crippen molar-refractivity contribution in [2.45, 2.75) is 9.96 Å². The number of hydrogen-bond acceptors (Lipinski definition) is 2. The molecule has 0 aromatic heterocycles. The van der Waals surface area contributed by atoms with Gasteiger partial charge in [0.2, 0.25) is 3.79 Å². The van der Waals surface area contributed by atoms with E-state index in [0.29, 0.717) is 11.3 Å². The van der Waals surface area contributed by atoms with Crippen LogP contribution in [0.4, 0.5) is 10.1 Å². The Labute approximate surface area is 178 Å². The second-order valence-electron chi connectivity index (χ2n) is 5.06. The summed E-state index contributed by atoms with van der Waals surface area (Å²) in [5.41, 5.74) is 0.915. The quantitative estimate of drug-likeness (QED) is 0.315. The first kappa shape index (κ1) is 21.2. The van der Waals surface area contributed by atoms with Crippen LogP contribution in [0.15, 0.2) is 53.0 Å². The van der Waals surface area contributed by atoms with E-state index < -0.39 is 15.9 Å². The summed E-state index contributed by atoms with van der Waals surface area (Å²) in [7, 11) is 0. The molecule has 3 N–H and O–H groups in total. The number of benzene rings is 2. The summed E-state index contributed by atoms with van der Waals surface area (Å²) in [6.45, 7) is 0. The molecule has 0 bridgehead atoms. The van der Waals surface area contributed by atoms with Crippen molar-refractivity contribution < 1.29 is 9.18 Å². The number of anilines is 1. The highest BCUT2D eigenvalue weighted by atomic mass is 79.9. The lowest BCUT2D eigenvalue weighted by atomic mass is 10.2. The largest absolute Gasteiger partial charge is 0.339 e. The smallest absolute Gasteiger partial charge is 0.252 e. The molecule has 0 aliphatic rings. The first-order valence-electron chi connectivity index (χ1n) is 7.11. The SMILES string of the molecule is O=C(N[C@@H](NC(=S)Nc1ccc(F)cc1)C(Cl)(Cl)Cl)c1ccc(Br)cc1. The predicted octanol–water partition coefficient (Wildman–Crippen LogP) is 5.00. The van der Waals surface area contributed by atoms with Crippen LogP contribution in [0, 0.1) is 5.82 Å². The van der Waals surface area contributed by atoms with Gasteiger partial charge in [0, 0.05) is 15.7 Å². The molecule has 138 valence electrons. The minimum atomic E-state index is -1.88. The van der Waals surface area contributed by atoms with Crippen LogP contribution in [0.2, 0.25) is 0 Å². The number of thiocarbonyl (C=S) groups is 1. The molecule has 1 atom stereocenters. The van der Waals surface area contributed by atoms with Gasteiger partial charge in [-0.15, -0.1) is 0 Å². The molecule has 4 nitrogen and oxygen atoms in total. The van der Waals surface area contributed by atoms with Crippen molar-refractivity contribution in [3.63, 3.8) is 0 Å². The van der Waals surface area contributed by atoms with Gasteiger partial charge in [0.1, 0.15) is 12.0 Å². The van der Waals surface area contributed by atoms with Crippen LogP contribution in [0.25, 0.3) is 0 Å². The van der Waals surface area contributed by atoms with E-state index in [1.165, 1.54) is 24.3 Å². The monoisotopic (exact) mass is 497 g/mol. The van der Waals surface area contributed by atoms with Crippen LogP contribution in [0.5, 0.6) is 0 Å². The average Bonchev–Trinajstić information content (AvgIpc) is 2.56. The molecule has 2 aromatic rings. The van der Waals surface area contributed by atoms with Crippen LogP contribution >= 0.6 is 63.0 Å². The van der Waals surface area contributed by atoms with Gasteiger partial charge >= 0.3 is 0 Å². The molecule has 0 aliphatic heterocycles. The second-order valence-corrected chi connectivity index (χ2v) is 8.75. The summed E-state index contributed by atoms with van der Waals surface area (Å²) in [6, 6.07) is 12.2. The third kappa shape index (κ3) is 6.55. The highest BCUT2D eigenvalue weighted by Gasteiger charge is 2.34. The van der Waals surface area contributed by atoms with Crippen molar-refractivity contribution in [2.24, 2.45) is 0 Å². The van der Waals surface area contributed by atoms with Gasteiger partial charge in [-0.3, -0.25) is 4.79 Å². The maximum atomic E-state index is 12.9. The minimum Gasteiger partial charge on any atom is -0.339 e. The van der Waals surface area contributed by atoms with Crippen molar-refractivity contribution in [3.05, 3.63) is 64.4 Å². The molecule has 1 amide bonds. The lowest BCUT2D eigenvalue weighted by Gasteiger charge is -2.27. The lowest BCUT2D eigenvalue weighted by Crippen LogP contribution is -2.56. The molecule has 2 aromatic carbocycles. The summed E-state index contributed by atoms with van der Waals surface area (Å²) in [6.07, 6.45) is -1.11. The van der Waals surface area contributed by atoms with E-state index in [1.54, 1.807) is 24.3 Å². The summed E-state index contributed by atoms with van der Waals surface area (Å²) in [5, 5.41) is 8.19. The van der Waals surface area contributed by atoms with Gasteiger partial charge in [0.15, 0.2) is 5.11 Å². The topological polar surface area (TPSA) is 53.2 Å². The van der Waals surface area contributed by atoms with E-state index in [9.17, 15) is 9.18 Å². The molecule has 26 heavy (non-hydrogen) atoms. The number of alkyl halides is 3. The van der Waals surface area contributed by atoms with Gasteiger partial charge in [0.25, 0.3) is 5.91 Å². The fourth-order valence-electron chi connectivity index (χ4n) is 1.85. The summed E-state index contributed by atoms with van der Waals surface area (Å²) in [4.78, 5) is 12.3. The van der Waals surface area contributed by atoms with Gasteiger partial charge < -0.3 is 16.0 Å². The third-order valence-corrected chi connectivity index (χ3v) is 4.49. The van der Waals surface area contributed by atoms with Gasteiger partial charge in [-0.05, 0) is 60.7 Å². The lowest BCUT2D eigenvalue weighted by molar-refractivity contribution is 0.0934. The summed E-state index contributed by atoms with van der Waals surface area (Å²) < 4.78 is 11.9. The minimum absolute atomic E-state index is 0.0871. The number of halogens is 5. The van der Waals surface area contributed by atoms with E-state index in [4.69, 9.17) is 47.0 Å². The van der Waals surface area contributed by atoms with Crippen LogP contribution < -0.4 is 16.0 Å². The molecular weight excluding hydrogens is 488 g/mol. The highest BCUT2D eigenvalue weighted by Crippen LogP contribution is 2.29. The zero-order chi connectivity index (χ0) is 19.3. The Kier molecular flexibility index (Phi) is 7.49. The molecule has 0 fully saturated rings. The molecule has 0 unspecified atom stereocenters. The second kappa shape index (κ2) is 9.19. The first-order valence-corrected chi connectivity index (χ1v) is 9.45. The van der Waals surface area contributed by atoms with E-state index in [2.05, 4.69) is 31.9 Å². The zero-order valence-corrected chi connectivity index (χ0v) is 17.6. The fraction of sp³-hybridized carbons (Fsp3) is 0.125. The van der Waals surface area contributed by atoms with Crippen molar-refractivity contribution >= 4 is 79.7 Å². The van der Waals surface area contributed by atoms with Gasteiger partial charge in [-0.2, -0.15) is 0 Å². The maximum absolute atomic E-state index is 12.9. The molecular formula is C16H12BrCl3FN3OS. The number of amides is 1. The van der Waals surface area contributed by atoms with Crippen molar-refractivity contribution in [1.29, 1.82) is 0 Å². The molecule has 0 aliphatic carbocycles. The Bertz CT molecular complexity index is 785. The maximum Gasteiger partial charge on any atom is 0.252 e. The van der Waals surface area contributed by atoms with Crippen molar-refractivity contribution in [1.82, 2.24) is 10.6 Å². The van der Waals surface area contributed by atoms with Gasteiger partial charge in [0.05, 0.1) is 0 Å². The Morgan fingerprint density at radius 3 is 2.15 bits per heavy atom. The molecule has 0 saturated carbocycles. The highest BCUT2D eigenvalue weighted by molar-refractivity contribution is 9.10. The molecule has 0 spiro atoms. The van der Waals surface area contributed by atoms with Crippen LogP contribution in [0.3, 0.4) is 0 Å². The van der Waals surface area contributed by atoms with Gasteiger partial charge in [-0.1, -0.05) is 50.7 Å². The molecule has 2 rings (SSSR count). The Hall–Kier alpha value is -1.12. The van der Waals surface area contributed by atoms with Crippen molar-refractivity contribution in [2.75, 3.05) is 5.32 Å². The fourth-order valence-corrected chi connectivity index (χ4v) is 2.67. The van der Waals surface area contributed by atoms with Crippen LogP contribution in [-0.2, 0) is 0 Å². The van der Waals surface area contributed by atoms with Crippen molar-refractivity contribution in [3.8, 4) is 0 Å². The third-order valence-electron chi connectivity index (χ3n) is 3.09. The average molecular weight is 500 g/mol. The molecule has 10 heteroatoms. The van der Waals surface area contributed by atoms with E-state index in [-0.39, 0.29) is 10.9 Å². The number of nitrogens with one attached hydrogen (secondary N) is 3. The standard InChI is InChI=1S/C16H12BrCl3FN3OS/c17-10-3-1-9(2-4-10)13(25)23-14(16(18,19)20)24-15(26)22-12-7-5-11(21)6-8-12/h1-8,14H,(H,23,25)(H2,22,24,26)/t14-/m0/s1. The van der Waals surface area contributed by atoms with E-state index in [0.717, 1.165) is 4.47 Å². The van der Waals surface area contributed by atoms with E-state index in [1.807, 2.05) is 0 Å². The van der Waals surface area contributed by atoms with Crippen LogP contribution in [0.1, 0.15) is 10.4 Å². The van der Waals surface area contributed by atoms with Crippen LogP contribution in [-0.4, -0.2) is 21.0 Å². The Balaban J connectivity index is 2.04. The normalized spacial score (nSPS) is 12.2. The molecule has 0 saturated heterocycles. The number of carbonyl (C=O) groups is 1. The predicted molar refractivity (Wildman–Crippen MR) is 111 cm³/mol.